The van der Waals surface area contributed by atoms with Crippen LogP contribution in [-0.2, 0) is 4.79 Å². The van der Waals surface area contributed by atoms with Gasteiger partial charge in [-0.25, -0.2) is 0 Å². The van der Waals surface area contributed by atoms with Gasteiger partial charge in [0, 0.05) is 19.1 Å². The summed E-state index contributed by atoms with van der Waals surface area (Å²) in [7, 11) is 0. The van der Waals surface area contributed by atoms with Crippen LogP contribution in [0.1, 0.15) is 23.2 Å². The molecule has 0 spiro atoms. The first-order chi connectivity index (χ1) is 9.06. The Morgan fingerprint density at radius 3 is 2.68 bits per heavy atom. The Kier molecular flexibility index (Phi) is 4.44. The predicted octanol–water partition coefficient (Wildman–Crippen LogP) is 0.613. The Hall–Kier alpha value is -1.53. The monoisotopic (exact) mass is 285 g/mol. The van der Waals surface area contributed by atoms with Crippen molar-refractivity contribution < 1.29 is 14.0 Å². The molecule has 1 aromatic heterocycles. The smallest absolute Gasteiger partial charge is 0.256 e. The number of nitrogens with zero attached hydrogens (tertiary/aromatic N) is 1. The zero-order valence-corrected chi connectivity index (χ0v) is 11.2. The molecule has 1 aromatic rings. The molecule has 1 saturated heterocycles. The summed E-state index contributed by atoms with van der Waals surface area (Å²) in [4.78, 5) is 24.7. The molecule has 2 rings (SSSR count). The molecule has 0 unspecified atom stereocenters. The van der Waals surface area contributed by atoms with Gasteiger partial charge in [0.1, 0.15) is 0 Å². The fourth-order valence-electron chi connectivity index (χ4n) is 2.17. The number of nitrogens with two attached hydrogens (primary N) is 1. The molecular formula is C12H16ClN3O3. The maximum absolute atomic E-state index is 11.9. The molecule has 1 aliphatic heterocycles. The van der Waals surface area contributed by atoms with Crippen LogP contribution in [0.5, 0.6) is 0 Å². The maximum atomic E-state index is 11.9. The lowest BCUT2D eigenvalue weighted by atomic mass is 10.0. The van der Waals surface area contributed by atoms with Crippen LogP contribution < -0.4 is 11.1 Å². The van der Waals surface area contributed by atoms with E-state index < -0.39 is 0 Å². The number of hydrogen-bond acceptors (Lipinski definition) is 4. The zero-order valence-electron chi connectivity index (χ0n) is 10.4. The standard InChI is InChI=1S/C12H16ClN3O3/c13-11-9(3-6-19-11)12(18)15-8-1-4-16(5-2-8)7-10(14)17/h3,6,8H,1-2,4-5,7H2,(H2,14,17)(H,15,18). The van der Waals surface area contributed by atoms with Crippen molar-refractivity contribution in [1.82, 2.24) is 10.2 Å². The number of primary amides is 1. The van der Waals surface area contributed by atoms with Crippen LogP contribution in [0.25, 0.3) is 0 Å². The predicted molar refractivity (Wildman–Crippen MR) is 69.8 cm³/mol. The van der Waals surface area contributed by atoms with Crippen molar-refractivity contribution >= 4 is 23.4 Å². The van der Waals surface area contributed by atoms with Crippen LogP contribution >= 0.6 is 11.6 Å². The number of nitrogens with one attached hydrogen (secondary N) is 1. The number of furan rings is 1. The summed E-state index contributed by atoms with van der Waals surface area (Å²) in [5.74, 6) is -0.556. The van der Waals surface area contributed by atoms with Crippen LogP contribution in [0, 0.1) is 0 Å². The Morgan fingerprint density at radius 1 is 1.47 bits per heavy atom. The van der Waals surface area contributed by atoms with Crippen molar-refractivity contribution in [2.75, 3.05) is 19.6 Å². The molecule has 104 valence electrons. The second-order valence-electron chi connectivity index (χ2n) is 4.60. The molecule has 2 heterocycles. The number of rotatable bonds is 4. The quantitative estimate of drug-likeness (QED) is 0.848. The van der Waals surface area contributed by atoms with Crippen molar-refractivity contribution in [3.8, 4) is 0 Å². The van der Waals surface area contributed by atoms with E-state index in [1.165, 1.54) is 6.26 Å². The summed E-state index contributed by atoms with van der Waals surface area (Å²) in [5.41, 5.74) is 5.49. The second kappa shape index (κ2) is 6.08. The molecule has 19 heavy (non-hydrogen) atoms. The molecule has 6 nitrogen and oxygen atoms in total. The third-order valence-electron chi connectivity index (χ3n) is 3.16. The number of hydrogen-bond donors (Lipinski definition) is 2. The van der Waals surface area contributed by atoms with Gasteiger partial charge in [-0.05, 0) is 30.5 Å². The van der Waals surface area contributed by atoms with Crippen molar-refractivity contribution in [2.24, 2.45) is 5.73 Å². The number of halogens is 1. The van der Waals surface area contributed by atoms with Crippen LogP contribution in [0.15, 0.2) is 16.7 Å². The van der Waals surface area contributed by atoms with Crippen LogP contribution in [-0.4, -0.2) is 42.4 Å². The van der Waals surface area contributed by atoms with E-state index in [2.05, 4.69) is 5.32 Å². The first-order valence-corrected chi connectivity index (χ1v) is 6.48. The summed E-state index contributed by atoms with van der Waals surface area (Å²) in [6.45, 7) is 1.76. The van der Waals surface area contributed by atoms with Crippen molar-refractivity contribution in [1.29, 1.82) is 0 Å². The summed E-state index contributed by atoms with van der Waals surface area (Å²) in [5, 5.41) is 3.01. The molecule has 3 N–H and O–H groups in total. The number of carbonyl (C=O) groups excluding carboxylic acids is 2. The molecule has 0 atom stereocenters. The summed E-state index contributed by atoms with van der Waals surface area (Å²) >= 11 is 5.75. The first kappa shape index (κ1) is 13.9. The highest BCUT2D eigenvalue weighted by molar-refractivity contribution is 6.32. The minimum absolute atomic E-state index is 0.0857. The number of likely N-dealkylation sites (tertiary alicyclic amines) is 1. The minimum Gasteiger partial charge on any atom is -0.452 e. The highest BCUT2D eigenvalue weighted by Gasteiger charge is 2.23. The fraction of sp³-hybridized carbons (Fsp3) is 0.500. The maximum Gasteiger partial charge on any atom is 0.256 e. The third-order valence-corrected chi connectivity index (χ3v) is 3.46. The molecule has 0 radical (unpaired) electrons. The Balaban J connectivity index is 1.81. The molecule has 0 aromatic carbocycles. The number of carbonyl (C=O) groups is 2. The van der Waals surface area contributed by atoms with Gasteiger partial charge in [-0.2, -0.15) is 0 Å². The highest BCUT2D eigenvalue weighted by atomic mass is 35.5. The Labute approximate surface area is 115 Å². The van der Waals surface area contributed by atoms with E-state index in [9.17, 15) is 9.59 Å². The highest BCUT2D eigenvalue weighted by Crippen LogP contribution is 2.17. The first-order valence-electron chi connectivity index (χ1n) is 6.11. The number of amides is 2. The third kappa shape index (κ3) is 3.71. The molecule has 0 bridgehead atoms. The van der Waals surface area contributed by atoms with E-state index >= 15 is 0 Å². The molecule has 1 aliphatic rings. The van der Waals surface area contributed by atoms with E-state index in [0.29, 0.717) is 5.56 Å². The summed E-state index contributed by atoms with van der Waals surface area (Å²) < 4.78 is 4.88. The van der Waals surface area contributed by atoms with E-state index in [1.54, 1.807) is 6.07 Å². The summed E-state index contributed by atoms with van der Waals surface area (Å²) in [6.07, 6.45) is 2.95. The SMILES string of the molecule is NC(=O)CN1CCC(NC(=O)c2ccoc2Cl)CC1. The van der Waals surface area contributed by atoms with Gasteiger partial charge >= 0.3 is 0 Å². The van der Waals surface area contributed by atoms with Crippen molar-refractivity contribution in [2.45, 2.75) is 18.9 Å². The average molecular weight is 286 g/mol. The second-order valence-corrected chi connectivity index (χ2v) is 4.94. The van der Waals surface area contributed by atoms with Crippen molar-refractivity contribution in [3.05, 3.63) is 23.1 Å². The normalized spacial score (nSPS) is 17.3. The minimum atomic E-state index is -0.326. The largest absolute Gasteiger partial charge is 0.452 e. The van der Waals surface area contributed by atoms with E-state index in [-0.39, 0.29) is 29.6 Å². The van der Waals surface area contributed by atoms with Crippen LogP contribution in [0.3, 0.4) is 0 Å². The molecular weight excluding hydrogens is 270 g/mol. The molecule has 0 saturated carbocycles. The van der Waals surface area contributed by atoms with Gasteiger partial charge < -0.3 is 15.5 Å². The van der Waals surface area contributed by atoms with E-state index in [4.69, 9.17) is 21.8 Å². The lowest BCUT2D eigenvalue weighted by molar-refractivity contribution is -0.119. The molecule has 1 fully saturated rings. The van der Waals surface area contributed by atoms with Crippen LogP contribution in [0.2, 0.25) is 5.22 Å². The average Bonchev–Trinajstić information content (AvgIpc) is 2.77. The Bertz CT molecular complexity index is 467. The van der Waals surface area contributed by atoms with Gasteiger partial charge in [0.05, 0.1) is 18.4 Å². The van der Waals surface area contributed by atoms with Crippen LogP contribution in [0.4, 0.5) is 0 Å². The van der Waals surface area contributed by atoms with E-state index in [1.807, 2.05) is 4.90 Å². The van der Waals surface area contributed by atoms with Gasteiger partial charge in [-0.3, -0.25) is 14.5 Å². The lowest BCUT2D eigenvalue weighted by Crippen LogP contribution is -2.46. The van der Waals surface area contributed by atoms with Gasteiger partial charge in [0.25, 0.3) is 5.91 Å². The Morgan fingerprint density at radius 2 is 2.16 bits per heavy atom. The van der Waals surface area contributed by atoms with E-state index in [0.717, 1.165) is 25.9 Å². The number of piperidine rings is 1. The van der Waals surface area contributed by atoms with Gasteiger partial charge in [-0.1, -0.05) is 0 Å². The molecule has 7 heteroatoms. The van der Waals surface area contributed by atoms with Gasteiger partial charge in [0.15, 0.2) is 0 Å². The fourth-order valence-corrected chi connectivity index (χ4v) is 2.37. The molecule has 0 aliphatic carbocycles. The van der Waals surface area contributed by atoms with Gasteiger partial charge in [-0.15, -0.1) is 0 Å². The lowest BCUT2D eigenvalue weighted by Gasteiger charge is -2.31. The van der Waals surface area contributed by atoms with Crippen molar-refractivity contribution in [3.63, 3.8) is 0 Å². The molecule has 2 amide bonds. The topological polar surface area (TPSA) is 88.6 Å². The van der Waals surface area contributed by atoms with Gasteiger partial charge in [0.2, 0.25) is 11.1 Å². The summed E-state index contributed by atoms with van der Waals surface area (Å²) in [6, 6.07) is 1.63. The zero-order chi connectivity index (χ0) is 13.8.